The van der Waals surface area contributed by atoms with Crippen molar-refractivity contribution in [3.8, 4) is 5.75 Å². The molecule has 0 amide bonds. The summed E-state index contributed by atoms with van der Waals surface area (Å²) in [4.78, 5) is 11.3. The Labute approximate surface area is 114 Å². The van der Waals surface area contributed by atoms with Crippen molar-refractivity contribution in [1.29, 1.82) is 0 Å². The highest BCUT2D eigenvalue weighted by Gasteiger charge is 2.27. The SMILES string of the molecule is COC(=O)C(N)CC(C)(C)Oc1cc(C)cc(C)c1. The molecule has 0 saturated heterocycles. The number of carbonyl (C=O) groups is 1. The van der Waals surface area contributed by atoms with Crippen molar-refractivity contribution < 1.29 is 14.3 Å². The zero-order valence-electron chi connectivity index (χ0n) is 12.3. The van der Waals surface area contributed by atoms with Crippen molar-refractivity contribution in [2.45, 2.75) is 45.8 Å². The van der Waals surface area contributed by atoms with Crippen LogP contribution in [0.1, 0.15) is 31.4 Å². The normalized spacial score (nSPS) is 12.9. The standard InChI is InChI=1S/C15H23NO3/c1-10-6-11(2)8-12(7-10)19-15(3,4)9-13(16)14(17)18-5/h6-8,13H,9,16H2,1-5H3. The number of rotatable bonds is 5. The molecule has 0 heterocycles. The molecule has 19 heavy (non-hydrogen) atoms. The van der Waals surface area contributed by atoms with Gasteiger partial charge in [0, 0.05) is 6.42 Å². The zero-order chi connectivity index (χ0) is 14.6. The maximum absolute atomic E-state index is 11.3. The number of carbonyl (C=O) groups excluding carboxylic acids is 1. The third-order valence-electron chi connectivity index (χ3n) is 2.80. The van der Waals surface area contributed by atoms with Gasteiger partial charge in [-0.1, -0.05) is 6.07 Å². The molecule has 0 spiro atoms. The molecule has 4 heteroatoms. The predicted octanol–water partition coefficient (Wildman–Crippen LogP) is 2.35. The first kappa shape index (κ1) is 15.5. The van der Waals surface area contributed by atoms with Crippen LogP contribution in [0.25, 0.3) is 0 Å². The molecule has 0 saturated carbocycles. The Morgan fingerprint density at radius 1 is 1.26 bits per heavy atom. The number of hydrogen-bond donors (Lipinski definition) is 1. The molecule has 0 fully saturated rings. The van der Waals surface area contributed by atoms with Crippen LogP contribution in [0.2, 0.25) is 0 Å². The molecule has 0 aliphatic heterocycles. The molecule has 4 nitrogen and oxygen atoms in total. The Balaban J connectivity index is 2.75. The van der Waals surface area contributed by atoms with E-state index in [1.807, 2.05) is 39.8 Å². The molecule has 106 valence electrons. The van der Waals surface area contributed by atoms with Gasteiger partial charge < -0.3 is 15.2 Å². The first-order valence-electron chi connectivity index (χ1n) is 6.34. The van der Waals surface area contributed by atoms with Crippen molar-refractivity contribution in [1.82, 2.24) is 0 Å². The fourth-order valence-corrected chi connectivity index (χ4v) is 2.12. The molecule has 0 aromatic heterocycles. The van der Waals surface area contributed by atoms with Crippen molar-refractivity contribution in [2.24, 2.45) is 5.73 Å². The van der Waals surface area contributed by atoms with Gasteiger partial charge in [0.15, 0.2) is 0 Å². The Bertz CT molecular complexity index is 434. The lowest BCUT2D eigenvalue weighted by Gasteiger charge is -2.28. The minimum atomic E-state index is -0.675. The number of benzene rings is 1. The minimum Gasteiger partial charge on any atom is -0.488 e. The number of hydrogen-bond acceptors (Lipinski definition) is 4. The van der Waals surface area contributed by atoms with Gasteiger partial charge in [0.25, 0.3) is 0 Å². The third kappa shape index (κ3) is 4.91. The summed E-state index contributed by atoms with van der Waals surface area (Å²) >= 11 is 0. The molecular weight excluding hydrogens is 242 g/mol. The van der Waals surface area contributed by atoms with E-state index in [1.54, 1.807) is 0 Å². The summed E-state index contributed by atoms with van der Waals surface area (Å²) in [6.45, 7) is 7.86. The molecule has 1 aromatic rings. The zero-order valence-corrected chi connectivity index (χ0v) is 12.3. The van der Waals surface area contributed by atoms with E-state index in [1.165, 1.54) is 7.11 Å². The number of ether oxygens (including phenoxy) is 2. The summed E-state index contributed by atoms with van der Waals surface area (Å²) in [7, 11) is 1.33. The Hall–Kier alpha value is -1.55. The van der Waals surface area contributed by atoms with E-state index in [2.05, 4.69) is 10.8 Å². The molecule has 0 radical (unpaired) electrons. The van der Waals surface area contributed by atoms with Crippen LogP contribution < -0.4 is 10.5 Å². The fraction of sp³-hybridized carbons (Fsp3) is 0.533. The van der Waals surface area contributed by atoms with Crippen LogP contribution in [0, 0.1) is 13.8 Å². The number of aryl methyl sites for hydroxylation is 2. The molecule has 0 aliphatic rings. The minimum absolute atomic E-state index is 0.395. The molecule has 1 rings (SSSR count). The quantitative estimate of drug-likeness (QED) is 0.830. The molecule has 2 N–H and O–H groups in total. The van der Waals surface area contributed by atoms with Crippen LogP contribution in [-0.2, 0) is 9.53 Å². The summed E-state index contributed by atoms with van der Waals surface area (Å²) in [5.74, 6) is 0.372. The lowest BCUT2D eigenvalue weighted by molar-refractivity contribution is -0.143. The van der Waals surface area contributed by atoms with Gasteiger partial charge in [-0.15, -0.1) is 0 Å². The van der Waals surface area contributed by atoms with Crippen molar-refractivity contribution >= 4 is 5.97 Å². The van der Waals surface area contributed by atoms with Gasteiger partial charge in [-0.25, -0.2) is 0 Å². The number of esters is 1. The fourth-order valence-electron chi connectivity index (χ4n) is 2.12. The van der Waals surface area contributed by atoms with Crippen LogP contribution >= 0.6 is 0 Å². The third-order valence-corrected chi connectivity index (χ3v) is 2.80. The van der Waals surface area contributed by atoms with Crippen LogP contribution in [0.5, 0.6) is 5.75 Å². The molecular formula is C15H23NO3. The Morgan fingerprint density at radius 3 is 2.26 bits per heavy atom. The molecule has 0 aliphatic carbocycles. The lowest BCUT2D eigenvalue weighted by atomic mass is 9.99. The van der Waals surface area contributed by atoms with E-state index < -0.39 is 17.6 Å². The second kappa shape index (κ2) is 6.06. The second-order valence-corrected chi connectivity index (χ2v) is 5.52. The average molecular weight is 265 g/mol. The summed E-state index contributed by atoms with van der Waals surface area (Å²) < 4.78 is 10.6. The molecule has 0 bridgehead atoms. The van der Waals surface area contributed by atoms with Gasteiger partial charge in [0.1, 0.15) is 17.4 Å². The van der Waals surface area contributed by atoms with Gasteiger partial charge in [-0.2, -0.15) is 0 Å². The second-order valence-electron chi connectivity index (χ2n) is 5.52. The number of methoxy groups -OCH3 is 1. The van der Waals surface area contributed by atoms with Crippen LogP contribution in [0.4, 0.5) is 0 Å². The first-order valence-corrected chi connectivity index (χ1v) is 6.34. The topological polar surface area (TPSA) is 61.5 Å². The summed E-state index contributed by atoms with van der Waals surface area (Å²) in [5.41, 5.74) is 7.52. The molecule has 1 atom stereocenters. The maximum Gasteiger partial charge on any atom is 0.322 e. The van der Waals surface area contributed by atoms with E-state index in [9.17, 15) is 4.79 Å². The average Bonchev–Trinajstić information content (AvgIpc) is 2.24. The van der Waals surface area contributed by atoms with Crippen molar-refractivity contribution in [3.63, 3.8) is 0 Å². The van der Waals surface area contributed by atoms with E-state index in [0.29, 0.717) is 6.42 Å². The van der Waals surface area contributed by atoms with Gasteiger partial charge >= 0.3 is 5.97 Å². The summed E-state index contributed by atoms with van der Waals surface area (Å²) in [5, 5.41) is 0. The van der Waals surface area contributed by atoms with Crippen molar-refractivity contribution in [3.05, 3.63) is 29.3 Å². The Morgan fingerprint density at radius 2 is 1.79 bits per heavy atom. The summed E-state index contributed by atoms with van der Waals surface area (Å²) in [6.07, 6.45) is 0.395. The maximum atomic E-state index is 11.3. The molecule has 1 aromatic carbocycles. The molecule has 1 unspecified atom stereocenters. The van der Waals surface area contributed by atoms with E-state index in [-0.39, 0.29) is 0 Å². The van der Waals surface area contributed by atoms with Crippen LogP contribution in [0.3, 0.4) is 0 Å². The first-order chi connectivity index (χ1) is 8.73. The largest absolute Gasteiger partial charge is 0.488 e. The highest BCUT2D eigenvalue weighted by atomic mass is 16.5. The summed E-state index contributed by atoms with van der Waals surface area (Å²) in [6, 6.07) is 5.35. The van der Waals surface area contributed by atoms with E-state index in [4.69, 9.17) is 10.5 Å². The smallest absolute Gasteiger partial charge is 0.322 e. The van der Waals surface area contributed by atoms with Gasteiger partial charge in [-0.3, -0.25) is 4.79 Å². The lowest BCUT2D eigenvalue weighted by Crippen LogP contribution is -2.41. The van der Waals surface area contributed by atoms with E-state index >= 15 is 0 Å². The van der Waals surface area contributed by atoms with Gasteiger partial charge in [-0.05, 0) is 51.0 Å². The van der Waals surface area contributed by atoms with E-state index in [0.717, 1.165) is 16.9 Å². The monoisotopic (exact) mass is 265 g/mol. The highest BCUT2D eigenvalue weighted by Crippen LogP contribution is 2.24. The van der Waals surface area contributed by atoms with Crippen molar-refractivity contribution in [2.75, 3.05) is 7.11 Å². The van der Waals surface area contributed by atoms with Crippen LogP contribution in [-0.4, -0.2) is 24.7 Å². The van der Waals surface area contributed by atoms with Gasteiger partial charge in [0.2, 0.25) is 0 Å². The van der Waals surface area contributed by atoms with Crippen LogP contribution in [0.15, 0.2) is 18.2 Å². The van der Waals surface area contributed by atoms with Gasteiger partial charge in [0.05, 0.1) is 7.11 Å². The highest BCUT2D eigenvalue weighted by molar-refractivity contribution is 5.75. The Kier molecular flexibility index (Phi) is 4.95. The number of nitrogens with two attached hydrogens (primary N) is 1. The predicted molar refractivity (Wildman–Crippen MR) is 75.2 cm³/mol.